The van der Waals surface area contributed by atoms with E-state index < -0.39 is 0 Å². The van der Waals surface area contributed by atoms with Crippen LogP contribution in [0.2, 0.25) is 0 Å². The van der Waals surface area contributed by atoms with Gasteiger partial charge in [-0.1, -0.05) is 65.8 Å². The van der Waals surface area contributed by atoms with E-state index in [0.29, 0.717) is 12.8 Å². The van der Waals surface area contributed by atoms with Crippen LogP contribution in [0.3, 0.4) is 0 Å². The molecule has 4 nitrogen and oxygen atoms in total. The SMILES string of the molecule is CC(Cc1ccccc1)NCCN1CON=C1c1ccccc1. The molecule has 0 fully saturated rings. The van der Waals surface area contributed by atoms with Gasteiger partial charge in [-0.2, -0.15) is 0 Å². The van der Waals surface area contributed by atoms with Crippen LogP contribution in [0.15, 0.2) is 65.8 Å². The molecule has 1 N–H and O–H groups in total. The highest BCUT2D eigenvalue weighted by atomic mass is 16.7. The molecule has 1 atom stereocenters. The third-order valence-corrected chi connectivity index (χ3v) is 3.96. The van der Waals surface area contributed by atoms with Gasteiger partial charge in [0.2, 0.25) is 0 Å². The Kier molecular flexibility index (Phi) is 5.27. The highest BCUT2D eigenvalue weighted by molar-refractivity contribution is 5.98. The molecule has 120 valence electrons. The lowest BCUT2D eigenvalue weighted by atomic mass is 10.1. The summed E-state index contributed by atoms with van der Waals surface area (Å²) in [6.07, 6.45) is 1.04. The van der Waals surface area contributed by atoms with E-state index in [9.17, 15) is 0 Å². The van der Waals surface area contributed by atoms with Crippen molar-refractivity contribution in [3.63, 3.8) is 0 Å². The van der Waals surface area contributed by atoms with Gasteiger partial charge < -0.3 is 15.1 Å². The molecule has 0 aliphatic carbocycles. The van der Waals surface area contributed by atoms with E-state index in [-0.39, 0.29) is 0 Å². The Morgan fingerprint density at radius 2 is 1.78 bits per heavy atom. The van der Waals surface area contributed by atoms with Gasteiger partial charge in [0.1, 0.15) is 0 Å². The lowest BCUT2D eigenvalue weighted by molar-refractivity contribution is 0.110. The van der Waals surface area contributed by atoms with Gasteiger partial charge in [0, 0.05) is 24.7 Å². The molecule has 0 amide bonds. The lowest BCUT2D eigenvalue weighted by Gasteiger charge is -2.20. The van der Waals surface area contributed by atoms with Gasteiger partial charge >= 0.3 is 0 Å². The fourth-order valence-corrected chi connectivity index (χ4v) is 2.76. The van der Waals surface area contributed by atoms with Crippen molar-refractivity contribution in [3.8, 4) is 0 Å². The molecule has 1 aliphatic rings. The van der Waals surface area contributed by atoms with Crippen LogP contribution < -0.4 is 5.32 Å². The third kappa shape index (κ3) is 4.33. The molecule has 0 bridgehead atoms. The van der Waals surface area contributed by atoms with Gasteiger partial charge in [0.25, 0.3) is 0 Å². The monoisotopic (exact) mass is 309 g/mol. The molecule has 0 saturated heterocycles. The van der Waals surface area contributed by atoms with Crippen LogP contribution in [0.4, 0.5) is 0 Å². The number of oxime groups is 1. The number of nitrogens with one attached hydrogen (secondary N) is 1. The molecular formula is C19H23N3O. The first-order chi connectivity index (χ1) is 11.3. The van der Waals surface area contributed by atoms with Crippen LogP contribution in [0.5, 0.6) is 0 Å². The van der Waals surface area contributed by atoms with E-state index in [2.05, 4.69) is 64.8 Å². The zero-order chi connectivity index (χ0) is 15.9. The van der Waals surface area contributed by atoms with Gasteiger partial charge in [-0.25, -0.2) is 0 Å². The normalized spacial score (nSPS) is 15.2. The van der Waals surface area contributed by atoms with E-state index in [0.717, 1.165) is 30.9 Å². The van der Waals surface area contributed by atoms with Crippen molar-refractivity contribution < 1.29 is 4.84 Å². The zero-order valence-corrected chi connectivity index (χ0v) is 13.5. The molecule has 1 unspecified atom stereocenters. The molecule has 23 heavy (non-hydrogen) atoms. The first kappa shape index (κ1) is 15.6. The second-order valence-electron chi connectivity index (χ2n) is 5.85. The van der Waals surface area contributed by atoms with Crippen molar-refractivity contribution in [1.82, 2.24) is 10.2 Å². The van der Waals surface area contributed by atoms with E-state index in [1.54, 1.807) is 0 Å². The summed E-state index contributed by atoms with van der Waals surface area (Å²) in [5, 5.41) is 7.75. The van der Waals surface area contributed by atoms with Crippen LogP contribution in [0, 0.1) is 0 Å². The lowest BCUT2D eigenvalue weighted by Crippen LogP contribution is -2.38. The third-order valence-electron chi connectivity index (χ3n) is 3.96. The van der Waals surface area contributed by atoms with E-state index >= 15 is 0 Å². The summed E-state index contributed by atoms with van der Waals surface area (Å²) >= 11 is 0. The molecule has 4 heteroatoms. The van der Waals surface area contributed by atoms with Gasteiger partial charge in [-0.05, 0) is 18.9 Å². The molecular weight excluding hydrogens is 286 g/mol. The second-order valence-corrected chi connectivity index (χ2v) is 5.85. The van der Waals surface area contributed by atoms with Gasteiger partial charge in [0.05, 0.1) is 0 Å². The van der Waals surface area contributed by atoms with Gasteiger partial charge in [-0.15, -0.1) is 0 Å². The van der Waals surface area contributed by atoms with Crippen molar-refractivity contribution in [2.45, 2.75) is 19.4 Å². The Bertz CT molecular complexity index is 628. The first-order valence-corrected chi connectivity index (χ1v) is 8.10. The number of benzene rings is 2. The maximum absolute atomic E-state index is 5.26. The van der Waals surface area contributed by atoms with Crippen LogP contribution >= 0.6 is 0 Å². The van der Waals surface area contributed by atoms with E-state index in [4.69, 9.17) is 4.84 Å². The number of nitrogens with zero attached hydrogens (tertiary/aromatic N) is 2. The van der Waals surface area contributed by atoms with E-state index in [1.165, 1.54) is 5.56 Å². The van der Waals surface area contributed by atoms with Crippen molar-refractivity contribution >= 4 is 5.84 Å². The molecule has 0 aromatic heterocycles. The molecule has 1 heterocycles. The van der Waals surface area contributed by atoms with Crippen LogP contribution in [-0.4, -0.2) is 36.6 Å². The van der Waals surface area contributed by atoms with Gasteiger partial charge in [-0.3, -0.25) is 0 Å². The van der Waals surface area contributed by atoms with Crippen LogP contribution in [0.25, 0.3) is 0 Å². The summed E-state index contributed by atoms with van der Waals surface area (Å²) in [6, 6.07) is 21.2. The summed E-state index contributed by atoms with van der Waals surface area (Å²) in [5.74, 6) is 0.920. The summed E-state index contributed by atoms with van der Waals surface area (Å²) in [7, 11) is 0. The maximum Gasteiger partial charge on any atom is 0.191 e. The summed E-state index contributed by atoms with van der Waals surface area (Å²) in [4.78, 5) is 7.43. The van der Waals surface area contributed by atoms with Crippen molar-refractivity contribution in [3.05, 3.63) is 71.8 Å². The van der Waals surface area contributed by atoms with Crippen LogP contribution in [0.1, 0.15) is 18.1 Å². The summed E-state index contributed by atoms with van der Waals surface area (Å²) < 4.78 is 0. The Hall–Kier alpha value is -2.33. The molecule has 1 aliphatic heterocycles. The Morgan fingerprint density at radius 3 is 2.52 bits per heavy atom. The fraction of sp³-hybridized carbons (Fsp3) is 0.316. The predicted octanol–water partition coefficient (Wildman–Crippen LogP) is 2.86. The minimum atomic E-state index is 0.443. The predicted molar refractivity (Wildman–Crippen MR) is 93.2 cm³/mol. The Balaban J connectivity index is 1.46. The molecule has 0 saturated carbocycles. The molecule has 2 aromatic rings. The average molecular weight is 309 g/mol. The molecule has 0 radical (unpaired) electrons. The quantitative estimate of drug-likeness (QED) is 0.854. The standard InChI is InChI=1S/C19H23N3O/c1-16(14-17-8-4-2-5-9-17)20-12-13-22-15-23-21-19(22)18-10-6-3-7-11-18/h2-11,16,20H,12-15H2,1H3. The highest BCUT2D eigenvalue weighted by Gasteiger charge is 2.19. The number of rotatable bonds is 7. The number of amidine groups is 1. The highest BCUT2D eigenvalue weighted by Crippen LogP contribution is 2.11. The van der Waals surface area contributed by atoms with Crippen LogP contribution in [-0.2, 0) is 11.3 Å². The minimum absolute atomic E-state index is 0.443. The summed E-state index contributed by atoms with van der Waals surface area (Å²) in [5.41, 5.74) is 2.46. The number of hydrogen-bond acceptors (Lipinski definition) is 4. The second kappa shape index (κ2) is 7.79. The van der Waals surface area contributed by atoms with Crippen molar-refractivity contribution in [2.75, 3.05) is 19.8 Å². The van der Waals surface area contributed by atoms with Crippen molar-refractivity contribution in [1.29, 1.82) is 0 Å². The molecule has 2 aromatic carbocycles. The first-order valence-electron chi connectivity index (χ1n) is 8.10. The zero-order valence-electron chi connectivity index (χ0n) is 13.5. The smallest absolute Gasteiger partial charge is 0.191 e. The summed E-state index contributed by atoms with van der Waals surface area (Å²) in [6.45, 7) is 4.54. The number of hydrogen-bond donors (Lipinski definition) is 1. The Labute approximate surface area is 137 Å². The molecule has 3 rings (SSSR count). The topological polar surface area (TPSA) is 36.9 Å². The van der Waals surface area contributed by atoms with Crippen molar-refractivity contribution in [2.24, 2.45) is 5.16 Å². The fourth-order valence-electron chi connectivity index (χ4n) is 2.76. The molecule has 0 spiro atoms. The van der Waals surface area contributed by atoms with E-state index in [1.807, 2.05) is 18.2 Å². The minimum Gasteiger partial charge on any atom is -0.372 e. The largest absolute Gasteiger partial charge is 0.372 e. The Morgan fingerprint density at radius 1 is 1.09 bits per heavy atom. The van der Waals surface area contributed by atoms with Gasteiger partial charge in [0.15, 0.2) is 12.6 Å². The average Bonchev–Trinajstić information content (AvgIpc) is 3.05. The maximum atomic E-state index is 5.26.